The average molecular weight is 272 g/mol. The SMILES string of the molecule is O=C(CS(=O)(=O)c1ccc(F)cc1)C1CCOC1. The summed E-state index contributed by atoms with van der Waals surface area (Å²) in [5.74, 6) is -1.73. The molecule has 0 amide bonds. The first kappa shape index (κ1) is 13.2. The van der Waals surface area contributed by atoms with Crippen LogP contribution in [0.1, 0.15) is 6.42 Å². The average Bonchev–Trinajstić information content (AvgIpc) is 2.82. The van der Waals surface area contributed by atoms with Gasteiger partial charge in [-0.15, -0.1) is 0 Å². The Morgan fingerprint density at radius 2 is 2.00 bits per heavy atom. The Bertz CT molecular complexity index is 530. The van der Waals surface area contributed by atoms with Crippen LogP contribution in [0.25, 0.3) is 0 Å². The molecule has 1 unspecified atom stereocenters. The first-order valence-electron chi connectivity index (χ1n) is 5.58. The summed E-state index contributed by atoms with van der Waals surface area (Å²) in [5, 5.41) is 0. The molecular formula is C12H13FO4S. The molecule has 2 rings (SSSR count). The molecule has 0 radical (unpaired) electrons. The summed E-state index contributed by atoms with van der Waals surface area (Å²) in [4.78, 5) is 11.7. The first-order chi connectivity index (χ1) is 8.49. The third-order valence-corrected chi connectivity index (χ3v) is 4.55. The Hall–Kier alpha value is -1.27. The summed E-state index contributed by atoms with van der Waals surface area (Å²) in [6, 6.07) is 4.47. The van der Waals surface area contributed by atoms with Gasteiger partial charge in [-0.1, -0.05) is 0 Å². The molecule has 1 fully saturated rings. The minimum atomic E-state index is -3.69. The minimum Gasteiger partial charge on any atom is -0.381 e. The fourth-order valence-electron chi connectivity index (χ4n) is 1.82. The molecule has 1 aliphatic heterocycles. The number of rotatable bonds is 4. The van der Waals surface area contributed by atoms with Gasteiger partial charge in [-0.3, -0.25) is 4.79 Å². The lowest BCUT2D eigenvalue weighted by Gasteiger charge is -2.07. The number of hydrogen-bond donors (Lipinski definition) is 0. The smallest absolute Gasteiger partial charge is 0.185 e. The van der Waals surface area contributed by atoms with Crippen LogP contribution in [0.3, 0.4) is 0 Å². The van der Waals surface area contributed by atoms with E-state index in [2.05, 4.69) is 0 Å². The van der Waals surface area contributed by atoms with E-state index >= 15 is 0 Å². The molecule has 1 aromatic carbocycles. The predicted octanol–water partition coefficient (Wildman–Crippen LogP) is 1.21. The predicted molar refractivity (Wildman–Crippen MR) is 62.4 cm³/mol. The zero-order chi connectivity index (χ0) is 13.2. The van der Waals surface area contributed by atoms with E-state index in [1.54, 1.807) is 0 Å². The van der Waals surface area contributed by atoms with Gasteiger partial charge in [-0.2, -0.15) is 0 Å². The lowest BCUT2D eigenvalue weighted by atomic mass is 10.1. The van der Waals surface area contributed by atoms with Gasteiger partial charge in [0.2, 0.25) is 0 Å². The van der Waals surface area contributed by atoms with E-state index in [0.29, 0.717) is 13.0 Å². The van der Waals surface area contributed by atoms with Crippen molar-refractivity contribution in [2.45, 2.75) is 11.3 Å². The van der Waals surface area contributed by atoms with Gasteiger partial charge in [-0.05, 0) is 30.7 Å². The van der Waals surface area contributed by atoms with Crippen LogP contribution in [0.2, 0.25) is 0 Å². The molecule has 0 saturated carbocycles. The lowest BCUT2D eigenvalue weighted by Crippen LogP contribution is -2.24. The monoisotopic (exact) mass is 272 g/mol. The Morgan fingerprint density at radius 1 is 1.33 bits per heavy atom. The van der Waals surface area contributed by atoms with Gasteiger partial charge in [0.1, 0.15) is 11.6 Å². The molecule has 0 N–H and O–H groups in total. The number of benzene rings is 1. The summed E-state index contributed by atoms with van der Waals surface area (Å²) >= 11 is 0. The third-order valence-electron chi connectivity index (χ3n) is 2.89. The van der Waals surface area contributed by atoms with Crippen LogP contribution in [0, 0.1) is 11.7 Å². The zero-order valence-electron chi connectivity index (χ0n) is 9.63. The standard InChI is InChI=1S/C12H13FO4S/c13-10-1-3-11(4-2-10)18(15,16)8-12(14)9-5-6-17-7-9/h1-4,9H,5-8H2. The number of ether oxygens (including phenoxy) is 1. The van der Waals surface area contributed by atoms with E-state index in [4.69, 9.17) is 4.74 Å². The molecule has 0 aliphatic carbocycles. The Balaban J connectivity index is 2.11. The molecule has 6 heteroatoms. The molecule has 1 heterocycles. The van der Waals surface area contributed by atoms with E-state index in [1.807, 2.05) is 0 Å². The Labute approximate surface area is 105 Å². The Kier molecular flexibility index (Phi) is 3.77. The number of Topliss-reactive ketones (excluding diaryl/α,β-unsaturated/α-hetero) is 1. The van der Waals surface area contributed by atoms with Crippen LogP contribution >= 0.6 is 0 Å². The highest BCUT2D eigenvalue weighted by molar-refractivity contribution is 7.92. The quantitative estimate of drug-likeness (QED) is 0.773. The number of hydrogen-bond acceptors (Lipinski definition) is 4. The van der Waals surface area contributed by atoms with Crippen molar-refractivity contribution in [3.05, 3.63) is 30.1 Å². The van der Waals surface area contributed by atoms with Gasteiger partial charge in [-0.25, -0.2) is 12.8 Å². The maximum Gasteiger partial charge on any atom is 0.185 e. The highest BCUT2D eigenvalue weighted by Crippen LogP contribution is 2.18. The van der Waals surface area contributed by atoms with Crippen LogP contribution in [-0.2, 0) is 19.4 Å². The van der Waals surface area contributed by atoms with Gasteiger partial charge in [0.15, 0.2) is 15.6 Å². The van der Waals surface area contributed by atoms with E-state index in [1.165, 1.54) is 12.1 Å². The molecule has 0 bridgehead atoms. The van der Waals surface area contributed by atoms with Crippen molar-refractivity contribution < 1.29 is 22.3 Å². The van der Waals surface area contributed by atoms with Crippen molar-refractivity contribution in [3.63, 3.8) is 0 Å². The van der Waals surface area contributed by atoms with Crippen molar-refractivity contribution in [2.75, 3.05) is 19.0 Å². The normalized spacial score (nSPS) is 19.9. The van der Waals surface area contributed by atoms with Crippen molar-refractivity contribution >= 4 is 15.6 Å². The molecule has 0 spiro atoms. The summed E-state index contributed by atoms with van der Waals surface area (Å²) in [6.07, 6.45) is 0.567. The van der Waals surface area contributed by atoms with Gasteiger partial charge in [0.05, 0.1) is 11.5 Å². The molecule has 4 nitrogen and oxygen atoms in total. The number of halogens is 1. The second-order valence-electron chi connectivity index (χ2n) is 4.24. The molecule has 1 aromatic rings. The van der Waals surface area contributed by atoms with Crippen LogP contribution in [-0.4, -0.2) is 33.2 Å². The fraction of sp³-hybridized carbons (Fsp3) is 0.417. The number of sulfone groups is 1. The Morgan fingerprint density at radius 3 is 2.56 bits per heavy atom. The van der Waals surface area contributed by atoms with Gasteiger partial charge in [0.25, 0.3) is 0 Å². The van der Waals surface area contributed by atoms with Gasteiger partial charge in [0, 0.05) is 12.5 Å². The molecule has 1 aliphatic rings. The van der Waals surface area contributed by atoms with Crippen molar-refractivity contribution in [3.8, 4) is 0 Å². The minimum absolute atomic E-state index is 0.0313. The number of carbonyl (C=O) groups is 1. The molecule has 1 atom stereocenters. The van der Waals surface area contributed by atoms with Crippen LogP contribution in [0.4, 0.5) is 4.39 Å². The molecule has 98 valence electrons. The van der Waals surface area contributed by atoms with Crippen LogP contribution in [0.15, 0.2) is 29.2 Å². The lowest BCUT2D eigenvalue weighted by molar-refractivity contribution is -0.120. The van der Waals surface area contributed by atoms with E-state index in [9.17, 15) is 17.6 Å². The van der Waals surface area contributed by atoms with Gasteiger partial charge < -0.3 is 4.74 Å². The van der Waals surface area contributed by atoms with Crippen molar-refractivity contribution in [2.24, 2.45) is 5.92 Å². The van der Waals surface area contributed by atoms with Crippen LogP contribution < -0.4 is 0 Å². The molecule has 1 saturated heterocycles. The number of carbonyl (C=O) groups excluding carboxylic acids is 1. The zero-order valence-corrected chi connectivity index (χ0v) is 10.5. The van der Waals surface area contributed by atoms with E-state index < -0.39 is 21.4 Å². The number of ketones is 1. The summed E-state index contributed by atoms with van der Waals surface area (Å²) in [6.45, 7) is 0.783. The topological polar surface area (TPSA) is 60.4 Å². The van der Waals surface area contributed by atoms with E-state index in [-0.39, 0.29) is 23.2 Å². The summed E-state index contributed by atoms with van der Waals surface area (Å²) < 4.78 is 41.6. The van der Waals surface area contributed by atoms with Crippen molar-refractivity contribution in [1.29, 1.82) is 0 Å². The van der Waals surface area contributed by atoms with Crippen molar-refractivity contribution in [1.82, 2.24) is 0 Å². The highest BCUT2D eigenvalue weighted by atomic mass is 32.2. The second-order valence-corrected chi connectivity index (χ2v) is 6.23. The molecule has 0 aromatic heterocycles. The van der Waals surface area contributed by atoms with Crippen LogP contribution in [0.5, 0.6) is 0 Å². The van der Waals surface area contributed by atoms with E-state index in [0.717, 1.165) is 12.1 Å². The molecule has 18 heavy (non-hydrogen) atoms. The molecular weight excluding hydrogens is 259 g/mol. The second kappa shape index (κ2) is 5.16. The first-order valence-corrected chi connectivity index (χ1v) is 7.23. The fourth-order valence-corrected chi connectivity index (χ4v) is 3.15. The third kappa shape index (κ3) is 2.94. The summed E-state index contributed by atoms with van der Waals surface area (Å²) in [7, 11) is -3.69. The maximum atomic E-state index is 12.7. The maximum absolute atomic E-state index is 12.7. The van der Waals surface area contributed by atoms with Gasteiger partial charge >= 0.3 is 0 Å². The largest absolute Gasteiger partial charge is 0.381 e. The highest BCUT2D eigenvalue weighted by Gasteiger charge is 2.28. The summed E-state index contributed by atoms with van der Waals surface area (Å²) in [5.41, 5.74) is 0.